The highest BCUT2D eigenvalue weighted by Crippen LogP contribution is 2.40. The van der Waals surface area contributed by atoms with Gasteiger partial charge in [0.25, 0.3) is 0 Å². The lowest BCUT2D eigenvalue weighted by Crippen LogP contribution is -2.60. The zero-order valence-corrected chi connectivity index (χ0v) is 34.4. The number of ether oxygens (including phenoxy) is 5. The van der Waals surface area contributed by atoms with Crippen molar-refractivity contribution in [2.75, 3.05) is 33.0 Å². The fourth-order valence-electron chi connectivity index (χ4n) is 8.71. The third-order valence-electron chi connectivity index (χ3n) is 11.9. The number of ketones is 2. The Morgan fingerprint density at radius 1 is 1.07 bits per heavy atom. The molecule has 3 saturated heterocycles. The molecular formula is C40H63N5O11. The number of aliphatic hydroxyl groups excluding tert-OH is 1. The van der Waals surface area contributed by atoms with Crippen molar-refractivity contribution < 1.29 is 53.1 Å². The lowest BCUT2D eigenvalue weighted by atomic mass is 9.74. The fourth-order valence-corrected chi connectivity index (χ4v) is 8.71. The van der Waals surface area contributed by atoms with Crippen molar-refractivity contribution in [1.82, 2.24) is 20.3 Å². The average Bonchev–Trinajstić information content (AvgIpc) is 3.52. The Balaban J connectivity index is 1.56. The van der Waals surface area contributed by atoms with E-state index in [1.165, 1.54) is 13.8 Å². The quantitative estimate of drug-likeness (QED) is 0.148. The molecule has 0 saturated carbocycles. The lowest BCUT2D eigenvalue weighted by molar-refractivity contribution is -0.298. The normalized spacial score (nSPS) is 39.6. The van der Waals surface area contributed by atoms with E-state index in [1.807, 2.05) is 44.1 Å². The van der Waals surface area contributed by atoms with Gasteiger partial charge in [-0.3, -0.25) is 19.2 Å². The second kappa shape index (κ2) is 17.8. The smallest absolute Gasteiger partial charge is 0.316 e. The van der Waals surface area contributed by atoms with Gasteiger partial charge in [-0.15, -0.1) is 0 Å². The molecule has 0 spiro atoms. The van der Waals surface area contributed by atoms with E-state index in [4.69, 9.17) is 34.3 Å². The highest BCUT2D eigenvalue weighted by atomic mass is 16.7. The number of carbonyl (C=O) groups excluding carboxylic acids is 3. The Morgan fingerprint density at radius 3 is 2.46 bits per heavy atom. The van der Waals surface area contributed by atoms with Gasteiger partial charge in [-0.1, -0.05) is 33.8 Å². The number of anilines is 1. The van der Waals surface area contributed by atoms with E-state index >= 15 is 0 Å². The first-order valence-corrected chi connectivity index (χ1v) is 19.8. The number of rotatable bonds is 8. The summed E-state index contributed by atoms with van der Waals surface area (Å²) in [7, 11) is 3.73. The highest BCUT2D eigenvalue weighted by Gasteiger charge is 2.53. The van der Waals surface area contributed by atoms with Crippen molar-refractivity contribution in [3.8, 4) is 0 Å². The molecule has 6 N–H and O–H groups in total. The number of aromatic amines is 1. The predicted molar refractivity (Wildman–Crippen MR) is 206 cm³/mol. The van der Waals surface area contributed by atoms with E-state index in [-0.39, 0.29) is 50.6 Å². The van der Waals surface area contributed by atoms with E-state index in [0.717, 1.165) is 16.6 Å². The van der Waals surface area contributed by atoms with Gasteiger partial charge in [0, 0.05) is 23.8 Å². The van der Waals surface area contributed by atoms with Crippen LogP contribution in [0.5, 0.6) is 0 Å². The number of carbonyl (C=O) groups is 3. The molecule has 1 aromatic carbocycles. The first-order valence-electron chi connectivity index (χ1n) is 19.8. The van der Waals surface area contributed by atoms with Crippen LogP contribution >= 0.6 is 0 Å². The number of cyclic esters (lactones) is 1. The SMILES string of the molecule is CC[C@H]1OC(=O)[C@H](C)C(=O)[C@H](C)[C@@H](O[C@H]2O[C@H](C)C[C@H](N(C)C)[C@H]2O)[C@@]2(C)C[C@@H](C)C(=O)[C@H](C)[C@@H](OCC(NOCc3ccc4nc(N)[nH]c4c3)CO2)[C@]1(C)O. The van der Waals surface area contributed by atoms with Crippen LogP contribution in [0.15, 0.2) is 18.2 Å². The monoisotopic (exact) mass is 789 g/mol. The number of fused-ring (bicyclic) bond motifs is 6. The van der Waals surface area contributed by atoms with Crippen LogP contribution in [-0.4, -0.2) is 130 Å². The van der Waals surface area contributed by atoms with Crippen LogP contribution in [0.2, 0.25) is 0 Å². The number of nitrogens with zero attached hydrogens (tertiary/aromatic N) is 2. The van der Waals surface area contributed by atoms with Crippen LogP contribution in [-0.2, 0) is 49.5 Å². The number of nitrogens with one attached hydrogen (secondary N) is 2. The molecule has 0 amide bonds. The molecule has 2 aromatic rings. The first-order chi connectivity index (χ1) is 26.3. The number of nitrogens with two attached hydrogens (primary N) is 1. The van der Waals surface area contributed by atoms with Crippen molar-refractivity contribution in [2.24, 2.45) is 23.7 Å². The van der Waals surface area contributed by atoms with Gasteiger partial charge in [-0.25, -0.2) is 4.98 Å². The lowest BCUT2D eigenvalue weighted by Gasteiger charge is -2.47. The Bertz CT molecular complexity index is 1690. The minimum absolute atomic E-state index is 0.0511. The van der Waals surface area contributed by atoms with E-state index in [1.54, 1.807) is 34.6 Å². The van der Waals surface area contributed by atoms with Gasteiger partial charge < -0.3 is 49.5 Å². The zero-order valence-electron chi connectivity index (χ0n) is 34.4. The largest absolute Gasteiger partial charge is 0.459 e. The summed E-state index contributed by atoms with van der Waals surface area (Å²) in [6.07, 6.45) is -5.11. The van der Waals surface area contributed by atoms with Crippen molar-refractivity contribution in [3.05, 3.63) is 23.8 Å². The molecule has 3 aliphatic heterocycles. The third kappa shape index (κ3) is 9.45. The van der Waals surface area contributed by atoms with Crippen LogP contribution in [0, 0.1) is 23.7 Å². The number of H-pyrrole nitrogens is 1. The number of Topliss-reactive ketones (excluding diaryl/α,β-unsaturated/α-hetero) is 2. The number of aliphatic hydroxyl groups is 2. The Hall–Kier alpha value is -3.06. The summed E-state index contributed by atoms with van der Waals surface area (Å²) in [6, 6.07) is 4.59. The zero-order chi connectivity index (χ0) is 41.3. The number of likely N-dealkylation sites (N-methyl/N-ethyl adjacent to an activating group) is 1. The Labute approximate surface area is 329 Å². The molecule has 3 aliphatic rings. The molecular weight excluding hydrogens is 726 g/mol. The molecule has 16 heteroatoms. The highest BCUT2D eigenvalue weighted by molar-refractivity contribution is 6.00. The topological polar surface area (TPSA) is 217 Å². The summed E-state index contributed by atoms with van der Waals surface area (Å²) in [6.45, 7) is 13.5. The number of hydrogen-bond donors (Lipinski definition) is 5. The minimum atomic E-state index is -1.84. The van der Waals surface area contributed by atoms with Crippen LogP contribution in [0.1, 0.15) is 80.2 Å². The molecule has 0 radical (unpaired) electrons. The second-order valence-electron chi connectivity index (χ2n) is 16.9. The summed E-state index contributed by atoms with van der Waals surface area (Å²) in [5.41, 5.74) is 7.97. The standard InChI is InChI=1S/C40H63N5O11/c1-11-30-40(8,50)35-22(4)31(46)20(2)16-39(7,52-19-26(18-51-35)44-53-17-25-12-13-27-28(15-25)43-38(41)42-27)34(23(5)32(47)24(6)36(49)55-30)56-37-33(48)29(45(9)10)14-21(3)54-37/h12-13,15,20-24,26,29-30,33-35,37,44,48,50H,11,14,16-19H2,1-10H3,(H3,41,42,43)/t20-,21-,22+,23+,24-,26?,29+,30-,33-,34-,35-,37-,39-,40-/m1/s1. The van der Waals surface area contributed by atoms with Crippen molar-refractivity contribution in [2.45, 2.75) is 141 Å². The molecule has 2 bridgehead atoms. The van der Waals surface area contributed by atoms with Crippen LogP contribution in [0.4, 0.5) is 5.95 Å². The predicted octanol–water partition coefficient (Wildman–Crippen LogP) is 2.68. The van der Waals surface area contributed by atoms with E-state index < -0.39 is 83.4 Å². The Kier molecular flexibility index (Phi) is 14.0. The summed E-state index contributed by atoms with van der Waals surface area (Å²) in [5.74, 6) is -5.04. The van der Waals surface area contributed by atoms with Crippen molar-refractivity contribution >= 4 is 34.5 Å². The van der Waals surface area contributed by atoms with E-state index in [0.29, 0.717) is 12.4 Å². The van der Waals surface area contributed by atoms with Crippen LogP contribution < -0.4 is 11.2 Å². The fraction of sp³-hybridized carbons (Fsp3) is 0.750. The number of aromatic nitrogens is 2. The van der Waals surface area contributed by atoms with Gasteiger partial charge in [-0.2, -0.15) is 5.48 Å². The minimum Gasteiger partial charge on any atom is -0.459 e. The number of hydrogen-bond acceptors (Lipinski definition) is 15. The molecule has 3 fully saturated rings. The Morgan fingerprint density at radius 2 is 1.79 bits per heavy atom. The second-order valence-corrected chi connectivity index (χ2v) is 16.9. The maximum Gasteiger partial charge on any atom is 0.316 e. The van der Waals surface area contributed by atoms with Gasteiger partial charge in [0.1, 0.15) is 29.5 Å². The summed E-state index contributed by atoms with van der Waals surface area (Å²) >= 11 is 0. The van der Waals surface area contributed by atoms with Crippen LogP contribution in [0.25, 0.3) is 11.0 Å². The molecule has 1 aromatic heterocycles. The molecule has 1 unspecified atom stereocenters. The van der Waals surface area contributed by atoms with Gasteiger partial charge in [0.2, 0.25) is 0 Å². The maximum absolute atomic E-state index is 14.4. The van der Waals surface area contributed by atoms with Crippen LogP contribution in [0.3, 0.4) is 0 Å². The molecule has 4 heterocycles. The van der Waals surface area contributed by atoms with Crippen molar-refractivity contribution in [3.63, 3.8) is 0 Å². The first kappa shape index (κ1) is 44.1. The molecule has 56 heavy (non-hydrogen) atoms. The summed E-state index contributed by atoms with van der Waals surface area (Å²) in [4.78, 5) is 57.7. The van der Waals surface area contributed by atoms with Gasteiger partial charge in [0.15, 0.2) is 18.0 Å². The van der Waals surface area contributed by atoms with Gasteiger partial charge in [-0.05, 0) is 78.7 Å². The molecule has 0 aliphatic carbocycles. The average molecular weight is 790 g/mol. The van der Waals surface area contributed by atoms with Gasteiger partial charge in [0.05, 0.1) is 60.8 Å². The van der Waals surface area contributed by atoms with Crippen molar-refractivity contribution in [1.29, 1.82) is 0 Å². The number of nitrogen functional groups attached to an aromatic ring is 1. The summed E-state index contributed by atoms with van der Waals surface area (Å²) in [5, 5.41) is 23.8. The molecule has 314 valence electrons. The molecule has 14 atom stereocenters. The van der Waals surface area contributed by atoms with E-state index in [9.17, 15) is 24.6 Å². The third-order valence-corrected chi connectivity index (χ3v) is 11.9. The number of benzene rings is 1. The molecule has 5 rings (SSSR count). The molecule has 16 nitrogen and oxygen atoms in total. The maximum atomic E-state index is 14.4. The van der Waals surface area contributed by atoms with E-state index in [2.05, 4.69) is 15.4 Å². The number of esters is 1. The number of imidazole rings is 1. The summed E-state index contributed by atoms with van der Waals surface area (Å²) < 4.78 is 32.1. The van der Waals surface area contributed by atoms with Gasteiger partial charge >= 0.3 is 5.97 Å². The number of hydroxylamine groups is 1.